The smallest absolute Gasteiger partial charge is 0.276 e. The fraction of sp³-hybridized carbons (Fsp3) is 0.385. The molecule has 0 radical (unpaired) electrons. The zero-order valence-corrected chi connectivity index (χ0v) is 11.6. The maximum absolute atomic E-state index is 5.99. The van der Waals surface area contributed by atoms with Crippen LogP contribution in [0.4, 0.5) is 0 Å². The van der Waals surface area contributed by atoms with E-state index in [-0.39, 0.29) is 5.38 Å². The van der Waals surface area contributed by atoms with Gasteiger partial charge in [-0.3, -0.25) is 0 Å². The lowest BCUT2D eigenvalue weighted by molar-refractivity contribution is 0.370. The maximum atomic E-state index is 5.99. The van der Waals surface area contributed by atoms with Crippen molar-refractivity contribution in [1.29, 1.82) is 0 Å². The lowest BCUT2D eigenvalue weighted by Gasteiger charge is -2.27. The molecule has 0 spiro atoms. The molecule has 0 atom stereocenters. The standard InChI is InChI=1S/C13H12ClN5O/c1-7-4-10(19-11(16-7)2-3-15-19)13-17-12(18-20-13)8-5-9(14)6-8/h2-4,8-9H,5-6H2,1H3. The minimum atomic E-state index is 0.239. The molecule has 0 N–H and O–H groups in total. The second-order valence-electron chi connectivity index (χ2n) is 5.11. The van der Waals surface area contributed by atoms with E-state index in [9.17, 15) is 0 Å². The molecule has 0 saturated heterocycles. The molecule has 0 bridgehead atoms. The molecule has 3 aromatic heterocycles. The average Bonchev–Trinajstić information content (AvgIpc) is 3.02. The van der Waals surface area contributed by atoms with Crippen molar-refractivity contribution in [1.82, 2.24) is 24.7 Å². The van der Waals surface area contributed by atoms with Gasteiger partial charge in [-0.2, -0.15) is 10.1 Å². The Morgan fingerprint density at radius 1 is 1.35 bits per heavy atom. The molecule has 3 heterocycles. The summed E-state index contributed by atoms with van der Waals surface area (Å²) in [6.07, 6.45) is 3.52. The predicted octanol–water partition coefficient (Wildman–Crippen LogP) is 2.57. The molecule has 0 amide bonds. The Morgan fingerprint density at radius 2 is 2.20 bits per heavy atom. The van der Waals surface area contributed by atoms with Gasteiger partial charge in [0.2, 0.25) is 0 Å². The number of halogens is 1. The second-order valence-corrected chi connectivity index (χ2v) is 5.72. The van der Waals surface area contributed by atoms with Crippen molar-refractivity contribution in [2.75, 3.05) is 0 Å². The third-order valence-corrected chi connectivity index (χ3v) is 3.95. The molecule has 1 aliphatic rings. The third-order valence-electron chi connectivity index (χ3n) is 3.59. The summed E-state index contributed by atoms with van der Waals surface area (Å²) in [6, 6.07) is 3.74. The van der Waals surface area contributed by atoms with Gasteiger partial charge in [0.15, 0.2) is 11.5 Å². The highest BCUT2D eigenvalue weighted by Crippen LogP contribution is 2.39. The van der Waals surface area contributed by atoms with Gasteiger partial charge in [0.1, 0.15) is 5.69 Å². The van der Waals surface area contributed by atoms with Crippen molar-refractivity contribution < 1.29 is 4.52 Å². The fourth-order valence-electron chi connectivity index (χ4n) is 2.45. The number of rotatable bonds is 2. The van der Waals surface area contributed by atoms with Gasteiger partial charge in [-0.05, 0) is 25.8 Å². The number of nitrogens with zero attached hydrogens (tertiary/aromatic N) is 5. The van der Waals surface area contributed by atoms with E-state index in [4.69, 9.17) is 16.1 Å². The molecule has 102 valence electrons. The minimum Gasteiger partial charge on any atom is -0.332 e. The first-order valence-electron chi connectivity index (χ1n) is 6.50. The number of aromatic nitrogens is 5. The first kappa shape index (κ1) is 11.8. The molecule has 20 heavy (non-hydrogen) atoms. The molecular weight excluding hydrogens is 278 g/mol. The summed E-state index contributed by atoms with van der Waals surface area (Å²) in [5.74, 6) is 1.51. The summed E-state index contributed by atoms with van der Waals surface area (Å²) in [5, 5.41) is 8.54. The Hall–Kier alpha value is -1.95. The van der Waals surface area contributed by atoms with Crippen LogP contribution in [0.5, 0.6) is 0 Å². The van der Waals surface area contributed by atoms with E-state index >= 15 is 0 Å². The number of alkyl halides is 1. The molecule has 1 fully saturated rings. The van der Waals surface area contributed by atoms with Gasteiger partial charge < -0.3 is 4.52 Å². The predicted molar refractivity (Wildman–Crippen MR) is 72.6 cm³/mol. The van der Waals surface area contributed by atoms with Crippen LogP contribution in [0.3, 0.4) is 0 Å². The quantitative estimate of drug-likeness (QED) is 0.678. The van der Waals surface area contributed by atoms with E-state index in [1.807, 2.05) is 19.1 Å². The largest absolute Gasteiger partial charge is 0.332 e. The van der Waals surface area contributed by atoms with Gasteiger partial charge in [0.25, 0.3) is 5.89 Å². The van der Waals surface area contributed by atoms with Crippen LogP contribution in [-0.4, -0.2) is 30.1 Å². The van der Waals surface area contributed by atoms with Crippen molar-refractivity contribution in [3.8, 4) is 11.6 Å². The maximum Gasteiger partial charge on any atom is 0.276 e. The van der Waals surface area contributed by atoms with Crippen LogP contribution in [-0.2, 0) is 0 Å². The number of fused-ring (bicyclic) bond motifs is 1. The highest BCUT2D eigenvalue weighted by atomic mass is 35.5. The van der Waals surface area contributed by atoms with Crippen LogP contribution < -0.4 is 0 Å². The molecule has 4 rings (SSSR count). The summed E-state index contributed by atoms with van der Waals surface area (Å²) in [5.41, 5.74) is 2.42. The van der Waals surface area contributed by atoms with Crippen LogP contribution in [0.1, 0.15) is 30.3 Å². The van der Waals surface area contributed by atoms with E-state index < -0.39 is 0 Å². The SMILES string of the molecule is Cc1cc(-c2nc(C3CC(Cl)C3)no2)n2nccc2n1. The van der Waals surface area contributed by atoms with Gasteiger partial charge in [-0.1, -0.05) is 5.16 Å². The van der Waals surface area contributed by atoms with E-state index in [0.717, 1.165) is 35.7 Å². The van der Waals surface area contributed by atoms with Gasteiger partial charge >= 0.3 is 0 Å². The van der Waals surface area contributed by atoms with Crippen molar-refractivity contribution in [3.63, 3.8) is 0 Å². The Bertz CT molecular complexity index is 774. The summed E-state index contributed by atoms with van der Waals surface area (Å²) in [7, 11) is 0. The van der Waals surface area contributed by atoms with E-state index in [1.165, 1.54) is 0 Å². The highest BCUT2D eigenvalue weighted by molar-refractivity contribution is 6.21. The van der Waals surface area contributed by atoms with E-state index in [2.05, 4.69) is 20.2 Å². The fourth-order valence-corrected chi connectivity index (χ4v) is 2.89. The first-order chi connectivity index (χ1) is 9.70. The molecule has 0 aromatic carbocycles. The Kier molecular flexibility index (Phi) is 2.53. The average molecular weight is 290 g/mol. The number of aryl methyl sites for hydroxylation is 1. The summed E-state index contributed by atoms with van der Waals surface area (Å²) < 4.78 is 7.09. The monoisotopic (exact) mass is 289 g/mol. The van der Waals surface area contributed by atoms with Gasteiger partial charge in [0, 0.05) is 23.1 Å². The zero-order chi connectivity index (χ0) is 13.7. The topological polar surface area (TPSA) is 69.1 Å². The van der Waals surface area contributed by atoms with E-state index in [1.54, 1.807) is 10.7 Å². The van der Waals surface area contributed by atoms with Crippen LogP contribution >= 0.6 is 11.6 Å². The van der Waals surface area contributed by atoms with Crippen molar-refractivity contribution in [2.24, 2.45) is 0 Å². The molecule has 3 aromatic rings. The zero-order valence-electron chi connectivity index (χ0n) is 10.8. The van der Waals surface area contributed by atoms with Crippen molar-refractivity contribution in [3.05, 3.63) is 29.8 Å². The van der Waals surface area contributed by atoms with Crippen LogP contribution in [0.15, 0.2) is 22.9 Å². The molecule has 0 unspecified atom stereocenters. The molecule has 7 heteroatoms. The van der Waals surface area contributed by atoms with Crippen molar-refractivity contribution in [2.45, 2.75) is 31.1 Å². The molecule has 1 aliphatic carbocycles. The van der Waals surface area contributed by atoms with Crippen LogP contribution in [0.2, 0.25) is 0 Å². The van der Waals surface area contributed by atoms with Crippen LogP contribution in [0.25, 0.3) is 17.2 Å². The lowest BCUT2D eigenvalue weighted by atomic mass is 9.84. The second kappa shape index (κ2) is 4.28. The Morgan fingerprint density at radius 3 is 3.00 bits per heavy atom. The highest BCUT2D eigenvalue weighted by Gasteiger charge is 2.32. The minimum absolute atomic E-state index is 0.239. The van der Waals surface area contributed by atoms with Gasteiger partial charge in [-0.15, -0.1) is 11.6 Å². The summed E-state index contributed by atoms with van der Waals surface area (Å²) >= 11 is 5.99. The van der Waals surface area contributed by atoms with Gasteiger partial charge in [-0.25, -0.2) is 9.50 Å². The van der Waals surface area contributed by atoms with Gasteiger partial charge in [0.05, 0.1) is 6.20 Å². The number of hydrogen-bond donors (Lipinski definition) is 0. The molecular formula is C13H12ClN5O. The normalized spacial score (nSPS) is 22.1. The molecule has 1 saturated carbocycles. The summed E-state index contributed by atoms with van der Waals surface area (Å²) in [6.45, 7) is 1.93. The summed E-state index contributed by atoms with van der Waals surface area (Å²) in [4.78, 5) is 8.88. The number of hydrogen-bond acceptors (Lipinski definition) is 5. The molecule has 6 nitrogen and oxygen atoms in total. The molecule has 0 aliphatic heterocycles. The lowest BCUT2D eigenvalue weighted by Crippen LogP contribution is -2.22. The van der Waals surface area contributed by atoms with Crippen LogP contribution in [0, 0.1) is 6.92 Å². The first-order valence-corrected chi connectivity index (χ1v) is 6.94. The Labute approximate surface area is 119 Å². The third kappa shape index (κ3) is 1.79. The van der Waals surface area contributed by atoms with Crippen molar-refractivity contribution >= 4 is 17.2 Å². The van der Waals surface area contributed by atoms with E-state index in [0.29, 0.717) is 11.8 Å². The Balaban J connectivity index is 1.77.